The van der Waals surface area contributed by atoms with Crippen LogP contribution >= 0.6 is 23.2 Å². The van der Waals surface area contributed by atoms with Crippen molar-refractivity contribution in [3.8, 4) is 11.3 Å². The molecule has 0 aliphatic heterocycles. The van der Waals surface area contributed by atoms with Gasteiger partial charge in [-0.1, -0.05) is 30.1 Å². The summed E-state index contributed by atoms with van der Waals surface area (Å²) in [6.45, 7) is 2.42. The van der Waals surface area contributed by atoms with Gasteiger partial charge in [0.15, 0.2) is 5.76 Å². The first-order chi connectivity index (χ1) is 11.0. The molecular weight excluding hydrogens is 339 g/mol. The highest BCUT2D eigenvalue weighted by molar-refractivity contribution is 6.35. The van der Waals surface area contributed by atoms with Crippen LogP contribution in [0.2, 0.25) is 10.0 Å². The number of nitrogens with one attached hydrogen (secondary N) is 2. The van der Waals surface area contributed by atoms with Crippen molar-refractivity contribution in [2.24, 2.45) is 0 Å². The Labute approximate surface area is 144 Å². The first kappa shape index (κ1) is 17.4. The summed E-state index contributed by atoms with van der Waals surface area (Å²) in [6.07, 6.45) is 0.835. The van der Waals surface area contributed by atoms with E-state index in [0.29, 0.717) is 27.9 Å². The molecule has 1 aromatic carbocycles. The minimum absolute atomic E-state index is 0.0966. The summed E-state index contributed by atoms with van der Waals surface area (Å²) < 4.78 is 5.49. The van der Waals surface area contributed by atoms with Crippen molar-refractivity contribution in [2.75, 3.05) is 13.1 Å². The Morgan fingerprint density at radius 2 is 1.91 bits per heavy atom. The number of furan rings is 1. The van der Waals surface area contributed by atoms with Gasteiger partial charge in [-0.2, -0.15) is 0 Å². The van der Waals surface area contributed by atoms with E-state index in [0.717, 1.165) is 6.42 Å². The Kier molecular flexibility index (Phi) is 6.07. The maximum atomic E-state index is 12.0. The van der Waals surface area contributed by atoms with Gasteiger partial charge in [-0.15, -0.1) is 0 Å². The highest BCUT2D eigenvalue weighted by atomic mass is 35.5. The quantitative estimate of drug-likeness (QED) is 0.833. The molecule has 2 aromatic rings. The Hall–Kier alpha value is -1.98. The standard InChI is InChI=1S/C16H16Cl2N2O3/c1-2-7-19-15(21)9-20-16(22)14-6-5-13(23-14)11-8-10(17)3-4-12(11)18/h3-6,8H,2,7,9H2,1H3,(H,19,21)(H,20,22). The molecule has 5 nitrogen and oxygen atoms in total. The van der Waals surface area contributed by atoms with Crippen molar-refractivity contribution in [1.29, 1.82) is 0 Å². The highest BCUT2D eigenvalue weighted by Gasteiger charge is 2.15. The van der Waals surface area contributed by atoms with Gasteiger partial charge in [-0.05, 0) is 36.8 Å². The van der Waals surface area contributed by atoms with E-state index in [4.69, 9.17) is 27.6 Å². The van der Waals surface area contributed by atoms with Gasteiger partial charge in [0, 0.05) is 17.1 Å². The van der Waals surface area contributed by atoms with E-state index in [-0.39, 0.29) is 18.2 Å². The molecule has 2 N–H and O–H groups in total. The zero-order valence-electron chi connectivity index (χ0n) is 12.5. The van der Waals surface area contributed by atoms with E-state index in [2.05, 4.69) is 10.6 Å². The van der Waals surface area contributed by atoms with E-state index >= 15 is 0 Å². The maximum absolute atomic E-state index is 12.0. The summed E-state index contributed by atoms with van der Waals surface area (Å²) in [5.41, 5.74) is 0.596. The van der Waals surface area contributed by atoms with Crippen LogP contribution in [-0.4, -0.2) is 24.9 Å². The molecule has 0 saturated heterocycles. The minimum Gasteiger partial charge on any atom is -0.451 e. The third-order valence-electron chi connectivity index (χ3n) is 3.01. The van der Waals surface area contributed by atoms with Crippen LogP contribution < -0.4 is 10.6 Å². The van der Waals surface area contributed by atoms with Crippen molar-refractivity contribution in [2.45, 2.75) is 13.3 Å². The van der Waals surface area contributed by atoms with Crippen molar-refractivity contribution in [1.82, 2.24) is 10.6 Å². The van der Waals surface area contributed by atoms with E-state index in [1.807, 2.05) is 6.92 Å². The lowest BCUT2D eigenvalue weighted by Gasteiger charge is -2.04. The number of hydrogen-bond acceptors (Lipinski definition) is 3. The number of benzene rings is 1. The van der Waals surface area contributed by atoms with Crippen molar-refractivity contribution in [3.05, 3.63) is 46.1 Å². The van der Waals surface area contributed by atoms with Gasteiger partial charge in [-0.3, -0.25) is 9.59 Å². The number of halogens is 2. The highest BCUT2D eigenvalue weighted by Crippen LogP contribution is 2.31. The lowest BCUT2D eigenvalue weighted by atomic mass is 10.2. The first-order valence-corrected chi connectivity index (χ1v) is 7.87. The summed E-state index contributed by atoms with van der Waals surface area (Å²) in [4.78, 5) is 23.4. The number of carbonyl (C=O) groups is 2. The monoisotopic (exact) mass is 354 g/mol. The van der Waals surface area contributed by atoms with Gasteiger partial charge in [0.25, 0.3) is 5.91 Å². The molecule has 0 aliphatic carbocycles. The van der Waals surface area contributed by atoms with E-state index < -0.39 is 5.91 Å². The van der Waals surface area contributed by atoms with Crippen LogP contribution in [0.25, 0.3) is 11.3 Å². The fourth-order valence-electron chi connectivity index (χ4n) is 1.87. The third kappa shape index (κ3) is 4.74. The smallest absolute Gasteiger partial charge is 0.287 e. The van der Waals surface area contributed by atoms with Crippen LogP contribution in [0.5, 0.6) is 0 Å². The van der Waals surface area contributed by atoms with Crippen LogP contribution in [0.4, 0.5) is 0 Å². The van der Waals surface area contributed by atoms with Gasteiger partial charge in [0.2, 0.25) is 5.91 Å². The summed E-state index contributed by atoms with van der Waals surface area (Å²) in [5.74, 6) is -0.191. The third-order valence-corrected chi connectivity index (χ3v) is 3.57. The molecule has 0 saturated carbocycles. The van der Waals surface area contributed by atoms with Crippen LogP contribution in [0.15, 0.2) is 34.7 Å². The Balaban J connectivity index is 2.02. The normalized spacial score (nSPS) is 10.4. The predicted octanol–water partition coefficient (Wildman–Crippen LogP) is 3.51. The molecule has 0 unspecified atom stereocenters. The molecule has 2 rings (SSSR count). The number of hydrogen-bond donors (Lipinski definition) is 2. The molecule has 0 fully saturated rings. The predicted molar refractivity (Wildman–Crippen MR) is 89.8 cm³/mol. The average Bonchev–Trinajstić information content (AvgIpc) is 3.02. The molecule has 0 spiro atoms. The summed E-state index contributed by atoms with van der Waals surface area (Å²) in [5, 5.41) is 6.14. The summed E-state index contributed by atoms with van der Waals surface area (Å²) >= 11 is 12.0. The van der Waals surface area contributed by atoms with Gasteiger partial charge in [-0.25, -0.2) is 0 Å². The van der Waals surface area contributed by atoms with Gasteiger partial charge >= 0.3 is 0 Å². The number of carbonyl (C=O) groups excluding carboxylic acids is 2. The van der Waals surface area contributed by atoms with E-state index in [1.165, 1.54) is 6.07 Å². The molecule has 0 atom stereocenters. The molecular formula is C16H16Cl2N2O3. The molecule has 23 heavy (non-hydrogen) atoms. The van der Waals surface area contributed by atoms with Crippen LogP contribution in [0, 0.1) is 0 Å². The summed E-state index contributed by atoms with van der Waals surface area (Å²) in [6, 6.07) is 8.12. The second-order valence-electron chi connectivity index (χ2n) is 4.82. The molecule has 0 radical (unpaired) electrons. The lowest BCUT2D eigenvalue weighted by molar-refractivity contribution is -0.120. The number of amides is 2. The number of rotatable bonds is 6. The summed E-state index contributed by atoms with van der Waals surface area (Å²) in [7, 11) is 0. The maximum Gasteiger partial charge on any atom is 0.287 e. The largest absolute Gasteiger partial charge is 0.451 e. The van der Waals surface area contributed by atoms with Gasteiger partial charge in [0.05, 0.1) is 11.6 Å². The van der Waals surface area contributed by atoms with Crippen LogP contribution in [-0.2, 0) is 4.79 Å². The fourth-order valence-corrected chi connectivity index (χ4v) is 2.25. The van der Waals surface area contributed by atoms with Crippen LogP contribution in [0.3, 0.4) is 0 Å². The van der Waals surface area contributed by atoms with E-state index in [9.17, 15) is 9.59 Å². The molecule has 122 valence electrons. The molecule has 1 heterocycles. The van der Waals surface area contributed by atoms with E-state index in [1.54, 1.807) is 24.3 Å². The van der Waals surface area contributed by atoms with Gasteiger partial charge < -0.3 is 15.1 Å². The minimum atomic E-state index is -0.471. The Morgan fingerprint density at radius 3 is 2.65 bits per heavy atom. The lowest BCUT2D eigenvalue weighted by Crippen LogP contribution is -2.37. The topological polar surface area (TPSA) is 71.3 Å². The van der Waals surface area contributed by atoms with Crippen molar-refractivity contribution < 1.29 is 14.0 Å². The zero-order chi connectivity index (χ0) is 16.8. The zero-order valence-corrected chi connectivity index (χ0v) is 14.0. The van der Waals surface area contributed by atoms with Crippen LogP contribution in [0.1, 0.15) is 23.9 Å². The molecule has 0 bridgehead atoms. The Bertz CT molecular complexity index is 713. The molecule has 1 aromatic heterocycles. The molecule has 7 heteroatoms. The SMILES string of the molecule is CCCNC(=O)CNC(=O)c1ccc(-c2cc(Cl)ccc2Cl)o1. The second kappa shape index (κ2) is 8.04. The molecule has 0 aliphatic rings. The van der Waals surface area contributed by atoms with Crippen molar-refractivity contribution >= 4 is 35.0 Å². The average molecular weight is 355 g/mol. The second-order valence-corrected chi connectivity index (χ2v) is 5.66. The molecule has 2 amide bonds. The fraction of sp³-hybridized carbons (Fsp3) is 0.250. The van der Waals surface area contributed by atoms with Crippen molar-refractivity contribution in [3.63, 3.8) is 0 Å². The Morgan fingerprint density at radius 1 is 1.13 bits per heavy atom. The van der Waals surface area contributed by atoms with Gasteiger partial charge in [0.1, 0.15) is 5.76 Å². The first-order valence-electron chi connectivity index (χ1n) is 7.11.